The Labute approximate surface area is 317 Å². The fourth-order valence-corrected chi connectivity index (χ4v) is 6.96. The summed E-state index contributed by atoms with van der Waals surface area (Å²) in [7, 11) is 0. The van der Waals surface area contributed by atoms with E-state index in [0.29, 0.717) is 11.3 Å². The second-order valence-corrected chi connectivity index (χ2v) is 13.1. The number of rotatable bonds is 8. The largest absolute Gasteiger partial charge is 0.310 e. The van der Waals surface area contributed by atoms with Crippen LogP contribution >= 0.6 is 0 Å². The van der Waals surface area contributed by atoms with Crippen LogP contribution in [0.2, 0.25) is 0 Å². The normalized spacial score (nSPS) is 12.1. The van der Waals surface area contributed by atoms with Gasteiger partial charge in [0.15, 0.2) is 0 Å². The maximum atomic E-state index is 9.53. The first-order valence-corrected chi connectivity index (χ1v) is 17.8. The zero-order valence-electron chi connectivity index (χ0n) is 33.0. The molecule has 0 heterocycles. The molecule has 0 spiro atoms. The quantitative estimate of drug-likeness (QED) is 0.154. The molecule has 0 saturated heterocycles. The van der Waals surface area contributed by atoms with Crippen LogP contribution in [0.1, 0.15) is 5.48 Å². The van der Waals surface area contributed by atoms with Crippen LogP contribution in [0, 0.1) is 0 Å². The topological polar surface area (TPSA) is 3.24 Å². The summed E-state index contributed by atoms with van der Waals surface area (Å²) < 4.78 is 37.8. The van der Waals surface area contributed by atoms with E-state index in [0.717, 1.165) is 61.0 Å². The molecule has 53 heavy (non-hydrogen) atoms. The fraction of sp³-hybridized carbons (Fsp3) is 0. The maximum Gasteiger partial charge on any atom is 0.0645 e. The van der Waals surface area contributed by atoms with E-state index in [1.165, 1.54) is 0 Å². The summed E-state index contributed by atoms with van der Waals surface area (Å²) in [4.78, 5) is 1.86. The summed E-state index contributed by atoms with van der Waals surface area (Å²) in [6.07, 6.45) is 0. The summed E-state index contributed by atoms with van der Waals surface area (Å²) in [6.45, 7) is 0. The van der Waals surface area contributed by atoms with Crippen molar-refractivity contribution < 1.29 is 5.48 Å². The molecule has 0 unspecified atom stereocenters. The number of nitrogens with zero attached hydrogens (tertiary/aromatic N) is 1. The van der Waals surface area contributed by atoms with Crippen molar-refractivity contribution in [2.45, 2.75) is 0 Å². The van der Waals surface area contributed by atoms with Gasteiger partial charge in [0, 0.05) is 17.1 Å². The van der Waals surface area contributed by atoms with E-state index >= 15 is 0 Å². The Morgan fingerprint density at radius 2 is 0.679 bits per heavy atom. The summed E-state index contributed by atoms with van der Waals surface area (Å²) >= 11 is 0. The molecule has 9 rings (SSSR count). The highest BCUT2D eigenvalue weighted by Gasteiger charge is 2.15. The van der Waals surface area contributed by atoms with E-state index in [4.69, 9.17) is 0 Å². The molecule has 0 saturated carbocycles. The van der Waals surface area contributed by atoms with E-state index in [1.54, 1.807) is 0 Å². The third-order valence-electron chi connectivity index (χ3n) is 9.71. The van der Waals surface area contributed by atoms with Crippen molar-refractivity contribution in [2.75, 3.05) is 4.90 Å². The fourth-order valence-electron chi connectivity index (χ4n) is 6.96. The number of fused-ring (bicyclic) bond motifs is 1. The van der Waals surface area contributed by atoms with Gasteiger partial charge in [-0.25, -0.2) is 0 Å². The maximum absolute atomic E-state index is 9.53. The highest BCUT2D eigenvalue weighted by molar-refractivity contribution is 5.89. The summed E-state index contributed by atoms with van der Waals surface area (Å²) in [5.74, 6) is 0. The van der Waals surface area contributed by atoms with Gasteiger partial charge in [0.1, 0.15) is 0 Å². The molecule has 250 valence electrons. The molecular weight excluding hydrogens is 639 g/mol. The van der Waals surface area contributed by atoms with Crippen molar-refractivity contribution in [3.8, 4) is 55.6 Å². The van der Waals surface area contributed by atoms with Gasteiger partial charge < -0.3 is 4.90 Å². The first kappa shape index (κ1) is 27.7. The van der Waals surface area contributed by atoms with Gasteiger partial charge in [-0.05, 0) is 121 Å². The highest BCUT2D eigenvalue weighted by Crippen LogP contribution is 2.39. The molecule has 9 aromatic rings. The van der Waals surface area contributed by atoms with Crippen LogP contribution in [-0.2, 0) is 0 Å². The second-order valence-electron chi connectivity index (χ2n) is 13.1. The lowest BCUT2D eigenvalue weighted by atomic mass is 9.98. The molecule has 0 amide bonds. The van der Waals surface area contributed by atoms with Gasteiger partial charge in [0.25, 0.3) is 0 Å². The number of hydrogen-bond donors (Lipinski definition) is 0. The van der Waals surface area contributed by atoms with E-state index in [1.807, 2.05) is 114 Å². The van der Waals surface area contributed by atoms with Crippen LogP contribution in [0.4, 0.5) is 17.1 Å². The Morgan fingerprint density at radius 3 is 1.28 bits per heavy atom. The molecule has 0 radical (unpaired) electrons. The third-order valence-corrected chi connectivity index (χ3v) is 9.71. The molecule has 1 heteroatoms. The van der Waals surface area contributed by atoms with Gasteiger partial charge in [-0.15, -0.1) is 0 Å². The van der Waals surface area contributed by atoms with Gasteiger partial charge in [0.2, 0.25) is 0 Å². The molecule has 0 aliphatic carbocycles. The van der Waals surface area contributed by atoms with Gasteiger partial charge in [-0.3, -0.25) is 0 Å². The van der Waals surface area contributed by atoms with Gasteiger partial charge in [0.05, 0.1) is 5.48 Å². The molecule has 0 fully saturated rings. The number of anilines is 3. The third kappa shape index (κ3) is 6.77. The van der Waals surface area contributed by atoms with Crippen molar-refractivity contribution in [2.24, 2.45) is 0 Å². The van der Waals surface area contributed by atoms with Crippen LogP contribution in [-0.4, -0.2) is 0 Å². The van der Waals surface area contributed by atoms with Crippen molar-refractivity contribution in [3.05, 3.63) is 224 Å². The van der Waals surface area contributed by atoms with E-state index < -0.39 is 0 Å². The first-order chi connectivity index (χ1) is 27.9. The second kappa shape index (κ2) is 14.3. The number of benzene rings is 9. The predicted molar refractivity (Wildman–Crippen MR) is 226 cm³/mol. The van der Waals surface area contributed by atoms with Crippen LogP contribution in [0.5, 0.6) is 0 Å². The van der Waals surface area contributed by atoms with Crippen molar-refractivity contribution in [3.63, 3.8) is 0 Å². The SMILES string of the molecule is [2H]c1c([2H])c(N(c2ccc(-c3cccc(-c4ccccc4)c3)cc2)c2cccc(-c3ccc4ccccc4c3)c2)c([2H])c([2H])c1-c1cccc(-c2ccccc2)c1. The summed E-state index contributed by atoms with van der Waals surface area (Å²) in [6, 6.07) is 66.9. The molecule has 0 atom stereocenters. The van der Waals surface area contributed by atoms with Crippen LogP contribution in [0.3, 0.4) is 0 Å². The van der Waals surface area contributed by atoms with Crippen molar-refractivity contribution in [1.29, 1.82) is 0 Å². The summed E-state index contributed by atoms with van der Waals surface area (Å²) in [5.41, 5.74) is 10.9. The molecule has 0 bridgehead atoms. The lowest BCUT2D eigenvalue weighted by Gasteiger charge is -2.26. The molecule has 1 nitrogen and oxygen atoms in total. The summed E-state index contributed by atoms with van der Waals surface area (Å²) in [5, 5.41) is 2.29. The molecule has 0 aliphatic rings. The average molecular weight is 680 g/mol. The monoisotopic (exact) mass is 679 g/mol. The van der Waals surface area contributed by atoms with Crippen LogP contribution in [0.25, 0.3) is 66.4 Å². The van der Waals surface area contributed by atoms with Gasteiger partial charge in [-0.1, -0.05) is 170 Å². The Balaban J connectivity index is 1.18. The Kier molecular flexibility index (Phi) is 7.50. The van der Waals surface area contributed by atoms with E-state index in [9.17, 15) is 5.48 Å². The zero-order chi connectivity index (χ0) is 38.9. The minimum atomic E-state index is -0.119. The Morgan fingerprint density at radius 1 is 0.245 bits per heavy atom. The number of hydrogen-bond acceptors (Lipinski definition) is 1. The predicted octanol–water partition coefficient (Wildman–Crippen LogP) is 14.6. The Hall–Kier alpha value is -6.96. The smallest absolute Gasteiger partial charge is 0.0645 e. The average Bonchev–Trinajstić information content (AvgIpc) is 3.28. The molecule has 9 aromatic carbocycles. The van der Waals surface area contributed by atoms with Gasteiger partial charge >= 0.3 is 0 Å². The minimum Gasteiger partial charge on any atom is -0.310 e. The standard InChI is InChI=1S/C52H37N/c1-3-12-38(13-4-1)44-18-9-20-46(34-44)41-26-30-50(31-27-41)53(52-23-11-22-48(37-52)49-25-24-40-16-7-8-17-43(40)36-49)51-32-28-42(29-33-51)47-21-10-19-45(35-47)39-14-5-2-6-15-39/h1-37H/i26D,27D,30D,31D. The van der Waals surface area contributed by atoms with Crippen LogP contribution < -0.4 is 4.90 Å². The van der Waals surface area contributed by atoms with Gasteiger partial charge in [-0.2, -0.15) is 0 Å². The molecule has 0 aliphatic heterocycles. The first-order valence-electron chi connectivity index (χ1n) is 19.8. The van der Waals surface area contributed by atoms with Crippen molar-refractivity contribution >= 4 is 27.8 Å². The molecule has 0 N–H and O–H groups in total. The zero-order valence-corrected chi connectivity index (χ0v) is 29.0. The molecule has 0 aromatic heterocycles. The highest BCUT2D eigenvalue weighted by atomic mass is 15.1. The van der Waals surface area contributed by atoms with Crippen molar-refractivity contribution in [1.82, 2.24) is 0 Å². The molecular formula is C52H37N. The minimum absolute atomic E-state index is 0.0961. The van der Waals surface area contributed by atoms with E-state index in [2.05, 4.69) is 91.0 Å². The lowest BCUT2D eigenvalue weighted by Crippen LogP contribution is -2.10. The lowest BCUT2D eigenvalue weighted by molar-refractivity contribution is 1.28. The Bertz CT molecular complexity index is 2860. The van der Waals surface area contributed by atoms with Crippen LogP contribution in [0.15, 0.2) is 224 Å². The van der Waals surface area contributed by atoms with E-state index in [-0.39, 0.29) is 35.4 Å².